The van der Waals surface area contributed by atoms with E-state index in [1.807, 2.05) is 30.3 Å². The molecular formula is C14H14N4O. The number of fused-ring (bicyclic) bond motifs is 1. The van der Waals surface area contributed by atoms with Crippen molar-refractivity contribution in [1.29, 1.82) is 0 Å². The first-order chi connectivity index (χ1) is 9.24. The summed E-state index contributed by atoms with van der Waals surface area (Å²) in [4.78, 5) is 4.23. The summed E-state index contributed by atoms with van der Waals surface area (Å²) in [7, 11) is 1.66. The van der Waals surface area contributed by atoms with Gasteiger partial charge >= 0.3 is 0 Å². The first kappa shape index (κ1) is 11.5. The Balaban J connectivity index is 1.87. The highest BCUT2D eigenvalue weighted by Crippen LogP contribution is 2.15. The zero-order valence-electron chi connectivity index (χ0n) is 10.6. The molecule has 5 heteroatoms. The molecule has 0 aliphatic heterocycles. The van der Waals surface area contributed by atoms with E-state index in [9.17, 15) is 0 Å². The summed E-state index contributed by atoms with van der Waals surface area (Å²) in [6, 6.07) is 9.92. The van der Waals surface area contributed by atoms with E-state index in [4.69, 9.17) is 10.5 Å². The van der Waals surface area contributed by atoms with Crippen molar-refractivity contribution in [3.8, 4) is 5.75 Å². The van der Waals surface area contributed by atoms with Gasteiger partial charge in [-0.15, -0.1) is 0 Å². The summed E-state index contributed by atoms with van der Waals surface area (Å²) in [5, 5.41) is 4.45. The molecule has 3 rings (SSSR count). The Kier molecular flexibility index (Phi) is 2.79. The van der Waals surface area contributed by atoms with Gasteiger partial charge in [-0.1, -0.05) is 12.1 Å². The minimum absolute atomic E-state index is 0.603. The third-order valence-corrected chi connectivity index (χ3v) is 2.93. The lowest BCUT2D eigenvalue weighted by Gasteiger charge is -2.01. The van der Waals surface area contributed by atoms with Crippen LogP contribution in [-0.4, -0.2) is 21.7 Å². The van der Waals surface area contributed by atoms with Crippen LogP contribution < -0.4 is 10.5 Å². The van der Waals surface area contributed by atoms with Crippen LogP contribution in [0.3, 0.4) is 0 Å². The normalized spacial score (nSPS) is 10.8. The van der Waals surface area contributed by atoms with Crippen LogP contribution in [0.4, 0.5) is 5.69 Å². The fraction of sp³-hybridized carbons (Fsp3) is 0.143. The number of benzene rings is 1. The van der Waals surface area contributed by atoms with Gasteiger partial charge in [0.05, 0.1) is 30.9 Å². The van der Waals surface area contributed by atoms with Gasteiger partial charge in [-0.2, -0.15) is 5.10 Å². The van der Waals surface area contributed by atoms with Gasteiger partial charge in [-0.05, 0) is 17.7 Å². The second-order valence-corrected chi connectivity index (χ2v) is 4.35. The van der Waals surface area contributed by atoms with Crippen molar-refractivity contribution in [2.75, 3.05) is 12.8 Å². The topological polar surface area (TPSA) is 65.4 Å². The van der Waals surface area contributed by atoms with Gasteiger partial charge in [0.1, 0.15) is 5.75 Å². The van der Waals surface area contributed by atoms with Gasteiger partial charge in [0.25, 0.3) is 0 Å². The lowest BCUT2D eigenvalue weighted by Crippen LogP contribution is -1.95. The lowest BCUT2D eigenvalue weighted by atomic mass is 10.1. The van der Waals surface area contributed by atoms with Crippen molar-refractivity contribution in [3.63, 3.8) is 0 Å². The Morgan fingerprint density at radius 1 is 1.26 bits per heavy atom. The molecule has 0 atom stereocenters. The van der Waals surface area contributed by atoms with Crippen LogP contribution in [0, 0.1) is 0 Å². The maximum Gasteiger partial charge on any atom is 0.155 e. The molecule has 3 aromatic rings. The maximum absolute atomic E-state index is 5.68. The highest BCUT2D eigenvalue weighted by Gasteiger charge is 2.04. The Morgan fingerprint density at radius 3 is 2.79 bits per heavy atom. The molecule has 0 aliphatic carbocycles. The molecule has 0 fully saturated rings. The Bertz CT molecular complexity index is 703. The fourth-order valence-corrected chi connectivity index (χ4v) is 1.98. The molecule has 0 bridgehead atoms. The molecule has 0 radical (unpaired) electrons. The van der Waals surface area contributed by atoms with E-state index in [1.54, 1.807) is 24.0 Å². The Labute approximate surface area is 110 Å². The molecule has 0 saturated carbocycles. The van der Waals surface area contributed by atoms with Crippen LogP contribution in [0.15, 0.2) is 42.7 Å². The average Bonchev–Trinajstić information content (AvgIpc) is 2.81. The minimum atomic E-state index is 0.603. The number of aromatic nitrogens is 3. The molecule has 0 spiro atoms. The van der Waals surface area contributed by atoms with Gasteiger partial charge in [0.15, 0.2) is 5.65 Å². The lowest BCUT2D eigenvalue weighted by molar-refractivity contribution is 0.414. The van der Waals surface area contributed by atoms with E-state index >= 15 is 0 Å². The molecule has 2 N–H and O–H groups in total. The molecule has 0 amide bonds. The SMILES string of the molecule is COc1ccc(Cc2cc3ncc(N)cn3n2)cc1. The molecule has 1 aromatic carbocycles. The summed E-state index contributed by atoms with van der Waals surface area (Å²) in [5.74, 6) is 0.855. The van der Waals surface area contributed by atoms with Crippen molar-refractivity contribution >= 4 is 11.3 Å². The summed E-state index contributed by atoms with van der Waals surface area (Å²) in [6.07, 6.45) is 4.15. The second-order valence-electron chi connectivity index (χ2n) is 4.35. The van der Waals surface area contributed by atoms with E-state index in [0.29, 0.717) is 5.69 Å². The van der Waals surface area contributed by atoms with E-state index in [0.717, 1.165) is 23.5 Å². The van der Waals surface area contributed by atoms with Gasteiger partial charge in [0, 0.05) is 12.5 Å². The van der Waals surface area contributed by atoms with Crippen molar-refractivity contribution in [3.05, 3.63) is 54.0 Å². The van der Waals surface area contributed by atoms with Crippen LogP contribution in [0.5, 0.6) is 5.75 Å². The van der Waals surface area contributed by atoms with E-state index in [1.165, 1.54) is 5.56 Å². The summed E-state index contributed by atoms with van der Waals surface area (Å²) >= 11 is 0. The van der Waals surface area contributed by atoms with Crippen LogP contribution in [0.2, 0.25) is 0 Å². The van der Waals surface area contributed by atoms with Crippen molar-refractivity contribution in [2.45, 2.75) is 6.42 Å². The third kappa shape index (κ3) is 2.35. The maximum atomic E-state index is 5.68. The first-order valence-electron chi connectivity index (χ1n) is 5.97. The number of nitrogens with zero attached hydrogens (tertiary/aromatic N) is 3. The van der Waals surface area contributed by atoms with E-state index in [2.05, 4.69) is 10.1 Å². The standard InChI is InChI=1S/C14H14N4O/c1-19-13-4-2-10(3-5-13)6-12-7-14-16-8-11(15)9-18(14)17-12/h2-5,7-9H,6,15H2,1H3. The van der Waals surface area contributed by atoms with Crippen LogP contribution >= 0.6 is 0 Å². The first-order valence-corrected chi connectivity index (χ1v) is 5.97. The molecule has 2 heterocycles. The molecule has 0 unspecified atom stereocenters. The number of nitrogen functional groups attached to an aromatic ring is 1. The Hall–Kier alpha value is -2.56. The van der Waals surface area contributed by atoms with Crippen LogP contribution in [-0.2, 0) is 6.42 Å². The van der Waals surface area contributed by atoms with Gasteiger partial charge in [-0.3, -0.25) is 0 Å². The predicted octanol–water partition coefficient (Wildman–Crippen LogP) is 1.91. The van der Waals surface area contributed by atoms with E-state index in [-0.39, 0.29) is 0 Å². The number of nitrogens with two attached hydrogens (primary N) is 1. The van der Waals surface area contributed by atoms with Gasteiger partial charge < -0.3 is 10.5 Å². The summed E-state index contributed by atoms with van der Waals surface area (Å²) in [6.45, 7) is 0. The Morgan fingerprint density at radius 2 is 2.05 bits per heavy atom. The zero-order valence-corrected chi connectivity index (χ0v) is 10.6. The molecule has 0 saturated heterocycles. The minimum Gasteiger partial charge on any atom is -0.497 e. The number of hydrogen-bond donors (Lipinski definition) is 1. The monoisotopic (exact) mass is 254 g/mol. The quantitative estimate of drug-likeness (QED) is 0.775. The predicted molar refractivity (Wildman–Crippen MR) is 73.2 cm³/mol. The average molecular weight is 254 g/mol. The molecule has 0 aliphatic rings. The van der Waals surface area contributed by atoms with E-state index < -0.39 is 0 Å². The van der Waals surface area contributed by atoms with Gasteiger partial charge in [-0.25, -0.2) is 9.50 Å². The number of anilines is 1. The van der Waals surface area contributed by atoms with Gasteiger partial charge in [0.2, 0.25) is 0 Å². The summed E-state index contributed by atoms with van der Waals surface area (Å²) < 4.78 is 6.84. The zero-order chi connectivity index (χ0) is 13.2. The number of rotatable bonds is 3. The molecule has 2 aromatic heterocycles. The summed E-state index contributed by atoms with van der Waals surface area (Å²) in [5.41, 5.74) is 9.23. The third-order valence-electron chi connectivity index (χ3n) is 2.93. The number of hydrogen-bond acceptors (Lipinski definition) is 4. The smallest absolute Gasteiger partial charge is 0.155 e. The van der Waals surface area contributed by atoms with Crippen molar-refractivity contribution in [2.24, 2.45) is 0 Å². The fourth-order valence-electron chi connectivity index (χ4n) is 1.98. The molecule has 5 nitrogen and oxygen atoms in total. The van der Waals surface area contributed by atoms with Crippen molar-refractivity contribution in [1.82, 2.24) is 14.6 Å². The van der Waals surface area contributed by atoms with Crippen LogP contribution in [0.25, 0.3) is 5.65 Å². The molecule has 19 heavy (non-hydrogen) atoms. The molecular weight excluding hydrogens is 240 g/mol. The number of ether oxygens (including phenoxy) is 1. The highest BCUT2D eigenvalue weighted by molar-refractivity contribution is 5.45. The number of methoxy groups -OCH3 is 1. The van der Waals surface area contributed by atoms with Crippen molar-refractivity contribution < 1.29 is 4.74 Å². The second kappa shape index (κ2) is 4.61. The van der Waals surface area contributed by atoms with Crippen LogP contribution in [0.1, 0.15) is 11.3 Å². The molecule has 96 valence electrons. The largest absolute Gasteiger partial charge is 0.497 e. The highest BCUT2D eigenvalue weighted by atomic mass is 16.5.